The van der Waals surface area contributed by atoms with Crippen molar-refractivity contribution in [2.24, 2.45) is 0 Å². The summed E-state index contributed by atoms with van der Waals surface area (Å²) in [6, 6.07) is 27.0. The number of benzene rings is 3. The monoisotopic (exact) mass is 608 g/mol. The van der Waals surface area contributed by atoms with Crippen LogP contribution in [0.3, 0.4) is 0 Å². The summed E-state index contributed by atoms with van der Waals surface area (Å²) in [6.07, 6.45) is 8.40. The van der Waals surface area contributed by atoms with Crippen LogP contribution in [0.1, 0.15) is 0 Å². The number of para-hydroxylation sites is 1. The molecule has 0 aliphatic rings. The standard InChI is InChI=1S/C26H15N5O.Pt/c1-2-8-23-21(7-1)22-10-9-19(16-24(22)31(23)25-17-27-13-14-28-25)18-5-3-6-20(15-18)32-26-29-11-4-12-30-26;/h1-14,17H;/q-2;+2. The maximum absolute atomic E-state index is 5.75. The molecule has 33 heavy (non-hydrogen) atoms. The molecule has 0 unspecified atom stereocenters. The van der Waals surface area contributed by atoms with Gasteiger partial charge in [-0.2, -0.15) is 24.3 Å². The van der Waals surface area contributed by atoms with E-state index in [0.29, 0.717) is 5.75 Å². The van der Waals surface area contributed by atoms with Crippen LogP contribution in [0.25, 0.3) is 38.8 Å². The molecule has 0 N–H and O–H groups in total. The molecule has 0 bridgehead atoms. The van der Waals surface area contributed by atoms with E-state index in [1.165, 1.54) is 0 Å². The van der Waals surface area contributed by atoms with Gasteiger partial charge in [0.05, 0.1) is 6.20 Å². The molecule has 3 aromatic carbocycles. The molecule has 6 aromatic rings. The van der Waals surface area contributed by atoms with Crippen molar-refractivity contribution in [3.05, 3.63) is 104 Å². The van der Waals surface area contributed by atoms with Crippen LogP contribution in [0.15, 0.2) is 91.6 Å². The first-order valence-electron chi connectivity index (χ1n) is 10.1. The van der Waals surface area contributed by atoms with E-state index >= 15 is 0 Å². The molecule has 0 atom stereocenters. The number of rotatable bonds is 4. The normalized spacial score (nSPS) is 10.8. The van der Waals surface area contributed by atoms with E-state index in [2.05, 4.69) is 54.8 Å². The van der Waals surface area contributed by atoms with E-state index in [-0.39, 0.29) is 27.1 Å². The number of aromatic nitrogens is 5. The van der Waals surface area contributed by atoms with E-state index in [9.17, 15) is 0 Å². The third-order valence-corrected chi connectivity index (χ3v) is 5.16. The van der Waals surface area contributed by atoms with Crippen LogP contribution in [-0.4, -0.2) is 24.5 Å². The van der Waals surface area contributed by atoms with Crippen LogP contribution in [0.5, 0.6) is 11.8 Å². The molecule has 7 heteroatoms. The number of hydrogen-bond acceptors (Lipinski definition) is 5. The number of fused-ring (bicyclic) bond motifs is 3. The number of nitrogens with zero attached hydrogens (tertiary/aromatic N) is 5. The minimum absolute atomic E-state index is 0. The molecule has 0 aliphatic carbocycles. The topological polar surface area (TPSA) is 65.7 Å². The van der Waals surface area contributed by atoms with Gasteiger partial charge < -0.3 is 9.30 Å². The third kappa shape index (κ3) is 3.90. The Balaban J connectivity index is 0.00000228. The van der Waals surface area contributed by atoms with E-state index in [4.69, 9.17) is 4.74 Å². The zero-order chi connectivity index (χ0) is 21.3. The minimum atomic E-state index is 0. The first-order chi connectivity index (χ1) is 15.9. The molecule has 160 valence electrons. The summed E-state index contributed by atoms with van der Waals surface area (Å²) in [7, 11) is 0. The largest absolute Gasteiger partial charge is 2.00 e. The van der Waals surface area contributed by atoms with E-state index in [0.717, 1.165) is 38.8 Å². The first kappa shape index (κ1) is 21.0. The molecule has 3 heterocycles. The fraction of sp³-hybridized carbons (Fsp3) is 0. The molecule has 0 amide bonds. The summed E-state index contributed by atoms with van der Waals surface area (Å²) in [5.74, 6) is 1.28. The molecular weight excluding hydrogens is 593 g/mol. The van der Waals surface area contributed by atoms with Crippen LogP contribution in [-0.2, 0) is 21.1 Å². The van der Waals surface area contributed by atoms with E-state index < -0.39 is 0 Å². The van der Waals surface area contributed by atoms with Crippen molar-refractivity contribution >= 4 is 21.8 Å². The predicted octanol–water partition coefficient (Wildman–Crippen LogP) is 5.42. The first-order valence-corrected chi connectivity index (χ1v) is 10.1. The Kier molecular flexibility index (Phi) is 5.67. The molecule has 3 aromatic heterocycles. The van der Waals surface area contributed by atoms with Gasteiger partial charge in [-0.3, -0.25) is 4.98 Å². The Morgan fingerprint density at radius 3 is 2.39 bits per heavy atom. The second-order valence-corrected chi connectivity index (χ2v) is 7.11. The quantitative estimate of drug-likeness (QED) is 0.250. The summed E-state index contributed by atoms with van der Waals surface area (Å²) in [4.78, 5) is 17.0. The molecule has 0 fully saturated rings. The summed E-state index contributed by atoms with van der Waals surface area (Å²) >= 11 is 0. The zero-order valence-electron chi connectivity index (χ0n) is 17.1. The Morgan fingerprint density at radius 2 is 1.55 bits per heavy atom. The van der Waals surface area contributed by atoms with Crippen LogP contribution in [0.2, 0.25) is 0 Å². The summed E-state index contributed by atoms with van der Waals surface area (Å²) in [5.41, 5.74) is 3.73. The van der Waals surface area contributed by atoms with Crippen molar-refractivity contribution < 1.29 is 25.8 Å². The van der Waals surface area contributed by atoms with Crippen LogP contribution in [0.4, 0.5) is 0 Å². The molecule has 6 nitrogen and oxygen atoms in total. The zero-order valence-corrected chi connectivity index (χ0v) is 19.4. The Hall–Kier alpha value is -3.89. The second kappa shape index (κ2) is 8.92. The molecule has 0 saturated carbocycles. The van der Waals surface area contributed by atoms with E-state index in [1.54, 1.807) is 37.1 Å². The molecule has 0 aliphatic heterocycles. The van der Waals surface area contributed by atoms with Crippen molar-refractivity contribution in [1.82, 2.24) is 24.5 Å². The maximum Gasteiger partial charge on any atom is 2.00 e. The van der Waals surface area contributed by atoms with Gasteiger partial charge in [0, 0.05) is 36.1 Å². The van der Waals surface area contributed by atoms with Gasteiger partial charge in [0.15, 0.2) is 5.82 Å². The fourth-order valence-corrected chi connectivity index (χ4v) is 3.80. The smallest absolute Gasteiger partial charge is 0.446 e. The van der Waals surface area contributed by atoms with Gasteiger partial charge in [-0.25, -0.2) is 26.1 Å². The number of hydrogen-bond donors (Lipinski definition) is 0. The van der Waals surface area contributed by atoms with Crippen molar-refractivity contribution in [2.75, 3.05) is 0 Å². The van der Waals surface area contributed by atoms with Gasteiger partial charge in [0.25, 0.3) is 0 Å². The third-order valence-electron chi connectivity index (χ3n) is 5.16. The SMILES string of the molecule is [Pt+2].[c-]1c(Oc2ncccn2)cccc1-c1[c-]c2c(cc1)c1ccccc1n2-c1cnccn1. The van der Waals surface area contributed by atoms with Gasteiger partial charge in [0.2, 0.25) is 0 Å². The fourth-order valence-electron chi connectivity index (χ4n) is 3.80. The molecule has 6 rings (SSSR count). The molecular formula is C26H15N5OPt. The van der Waals surface area contributed by atoms with Crippen LogP contribution < -0.4 is 4.74 Å². The van der Waals surface area contributed by atoms with Gasteiger partial charge in [-0.1, -0.05) is 23.6 Å². The molecule has 0 spiro atoms. The Labute approximate surface area is 204 Å². The molecule has 0 saturated heterocycles. The second-order valence-electron chi connectivity index (χ2n) is 7.11. The van der Waals surface area contributed by atoms with Gasteiger partial charge in [0.1, 0.15) is 0 Å². The van der Waals surface area contributed by atoms with Crippen molar-refractivity contribution in [3.8, 4) is 28.7 Å². The summed E-state index contributed by atoms with van der Waals surface area (Å²) in [5, 5.41) is 2.23. The average Bonchev–Trinajstić information content (AvgIpc) is 3.19. The minimum Gasteiger partial charge on any atom is -0.446 e. The van der Waals surface area contributed by atoms with Crippen molar-refractivity contribution in [2.45, 2.75) is 0 Å². The van der Waals surface area contributed by atoms with E-state index in [1.807, 2.05) is 36.4 Å². The summed E-state index contributed by atoms with van der Waals surface area (Å²) < 4.78 is 7.84. The predicted molar refractivity (Wildman–Crippen MR) is 122 cm³/mol. The Morgan fingerprint density at radius 1 is 0.697 bits per heavy atom. The average molecular weight is 609 g/mol. The molecule has 0 radical (unpaired) electrons. The van der Waals surface area contributed by atoms with Gasteiger partial charge in [-0.15, -0.1) is 18.2 Å². The van der Waals surface area contributed by atoms with Gasteiger partial charge in [-0.05, 0) is 23.0 Å². The maximum atomic E-state index is 5.75. The van der Waals surface area contributed by atoms with Crippen molar-refractivity contribution in [3.63, 3.8) is 0 Å². The van der Waals surface area contributed by atoms with Crippen molar-refractivity contribution in [1.29, 1.82) is 0 Å². The number of ether oxygens (including phenoxy) is 1. The van der Waals surface area contributed by atoms with Gasteiger partial charge >= 0.3 is 27.1 Å². The Bertz CT molecular complexity index is 1550. The van der Waals surface area contributed by atoms with Crippen LogP contribution >= 0.6 is 0 Å². The van der Waals surface area contributed by atoms with Crippen LogP contribution in [0, 0.1) is 12.1 Å². The summed E-state index contributed by atoms with van der Waals surface area (Å²) in [6.45, 7) is 0.